The maximum Gasteiger partial charge on any atom is 0.254 e. The van der Waals surface area contributed by atoms with Crippen molar-refractivity contribution < 1.29 is 19.1 Å². The summed E-state index contributed by atoms with van der Waals surface area (Å²) in [6, 6.07) is 30.8. The van der Waals surface area contributed by atoms with Crippen LogP contribution >= 0.6 is 0 Å². The second kappa shape index (κ2) is 14.2. The van der Waals surface area contributed by atoms with Crippen LogP contribution in [0.1, 0.15) is 62.6 Å². The highest BCUT2D eigenvalue weighted by molar-refractivity contribution is 6.06. The second-order valence-corrected chi connectivity index (χ2v) is 12.8. The number of amides is 3. The third kappa shape index (κ3) is 6.80. The average Bonchev–Trinajstić information content (AvgIpc) is 3.16. The van der Waals surface area contributed by atoms with Gasteiger partial charge in [-0.2, -0.15) is 0 Å². The van der Waals surface area contributed by atoms with Crippen molar-refractivity contribution in [2.24, 2.45) is 23.5 Å². The highest BCUT2D eigenvalue weighted by atomic mass is 16.5. The SMILES string of the molecule is CCCC(C(N)=O)C(CC1CCC1)C(=O)NC1C(=O)N(Cc2cccc(-c3ccc(OC)cc3)c2)c2ccccc2-c2ccccc21. The van der Waals surface area contributed by atoms with Crippen LogP contribution in [0.2, 0.25) is 0 Å². The summed E-state index contributed by atoms with van der Waals surface area (Å²) in [5.74, 6) is -0.946. The summed E-state index contributed by atoms with van der Waals surface area (Å²) < 4.78 is 5.33. The predicted octanol–water partition coefficient (Wildman–Crippen LogP) is 7.44. The summed E-state index contributed by atoms with van der Waals surface area (Å²) in [5, 5.41) is 3.16. The van der Waals surface area contributed by atoms with Gasteiger partial charge in [-0.1, -0.05) is 105 Å². The van der Waals surface area contributed by atoms with E-state index in [9.17, 15) is 14.4 Å². The molecule has 1 heterocycles. The van der Waals surface area contributed by atoms with E-state index >= 15 is 0 Å². The number of anilines is 1. The van der Waals surface area contributed by atoms with E-state index in [-0.39, 0.29) is 11.8 Å². The molecule has 3 atom stereocenters. The third-order valence-electron chi connectivity index (χ3n) is 9.85. The molecular formula is C40H43N3O4. The number of para-hydroxylation sites is 1. The highest BCUT2D eigenvalue weighted by Crippen LogP contribution is 2.42. The maximum absolute atomic E-state index is 14.8. The van der Waals surface area contributed by atoms with Gasteiger partial charge in [0.15, 0.2) is 0 Å². The van der Waals surface area contributed by atoms with Gasteiger partial charge in [0.2, 0.25) is 11.8 Å². The van der Waals surface area contributed by atoms with Crippen molar-refractivity contribution in [2.45, 2.75) is 58.0 Å². The summed E-state index contributed by atoms with van der Waals surface area (Å²) in [6.07, 6.45) is 5.11. The van der Waals surface area contributed by atoms with Crippen molar-refractivity contribution in [3.63, 3.8) is 0 Å². The molecule has 47 heavy (non-hydrogen) atoms. The first-order chi connectivity index (χ1) is 22.9. The summed E-state index contributed by atoms with van der Waals surface area (Å²) in [4.78, 5) is 43.5. The van der Waals surface area contributed by atoms with Crippen molar-refractivity contribution in [1.82, 2.24) is 5.32 Å². The lowest BCUT2D eigenvalue weighted by atomic mass is 9.73. The predicted molar refractivity (Wildman–Crippen MR) is 185 cm³/mol. The van der Waals surface area contributed by atoms with E-state index in [1.807, 2.05) is 91.9 Å². The van der Waals surface area contributed by atoms with Gasteiger partial charge in [0, 0.05) is 17.4 Å². The monoisotopic (exact) mass is 629 g/mol. The van der Waals surface area contributed by atoms with Gasteiger partial charge in [0.25, 0.3) is 5.91 Å². The van der Waals surface area contributed by atoms with E-state index in [0.717, 1.165) is 70.5 Å². The molecule has 4 aromatic carbocycles. The molecule has 0 spiro atoms. The number of primary amides is 1. The van der Waals surface area contributed by atoms with E-state index in [2.05, 4.69) is 17.4 Å². The van der Waals surface area contributed by atoms with E-state index in [1.165, 1.54) is 0 Å². The second-order valence-electron chi connectivity index (χ2n) is 12.8. The molecule has 6 rings (SSSR count). The van der Waals surface area contributed by atoms with Crippen molar-refractivity contribution in [3.05, 3.63) is 108 Å². The minimum Gasteiger partial charge on any atom is -0.497 e. The number of ether oxygens (including phenoxy) is 1. The van der Waals surface area contributed by atoms with Crippen LogP contribution in [0.5, 0.6) is 5.75 Å². The molecule has 4 aromatic rings. The Balaban J connectivity index is 1.37. The van der Waals surface area contributed by atoms with Crippen LogP contribution in [0.3, 0.4) is 0 Å². The number of nitrogens with two attached hydrogens (primary N) is 1. The fourth-order valence-corrected chi connectivity index (χ4v) is 7.10. The first-order valence-electron chi connectivity index (χ1n) is 16.7. The summed E-state index contributed by atoms with van der Waals surface area (Å²) in [6.45, 7) is 2.31. The first kappa shape index (κ1) is 32.0. The molecule has 3 unspecified atom stereocenters. The fraction of sp³-hybridized carbons (Fsp3) is 0.325. The van der Waals surface area contributed by atoms with Crippen LogP contribution in [0.4, 0.5) is 5.69 Å². The lowest BCUT2D eigenvalue weighted by Gasteiger charge is -2.33. The Kier molecular flexibility index (Phi) is 9.71. The van der Waals surface area contributed by atoms with Gasteiger partial charge < -0.3 is 20.7 Å². The Hall–Kier alpha value is -4.91. The topological polar surface area (TPSA) is 102 Å². The number of nitrogens with one attached hydrogen (secondary N) is 1. The third-order valence-corrected chi connectivity index (χ3v) is 9.85. The molecule has 0 radical (unpaired) electrons. The lowest BCUT2D eigenvalue weighted by molar-refractivity contribution is -0.136. The average molecular weight is 630 g/mol. The molecule has 0 saturated heterocycles. The van der Waals surface area contributed by atoms with Crippen LogP contribution in [0.15, 0.2) is 97.1 Å². The molecule has 242 valence electrons. The molecule has 1 fully saturated rings. The molecule has 1 aliphatic heterocycles. The summed E-state index contributed by atoms with van der Waals surface area (Å²) in [5.41, 5.74) is 12.3. The van der Waals surface area contributed by atoms with Crippen LogP contribution in [0.25, 0.3) is 22.3 Å². The van der Waals surface area contributed by atoms with Crippen molar-refractivity contribution in [3.8, 4) is 28.0 Å². The van der Waals surface area contributed by atoms with E-state index in [4.69, 9.17) is 10.5 Å². The zero-order valence-corrected chi connectivity index (χ0v) is 27.2. The molecular weight excluding hydrogens is 586 g/mol. The normalized spacial score (nSPS) is 17.0. The van der Waals surface area contributed by atoms with Crippen LogP contribution in [0, 0.1) is 17.8 Å². The lowest BCUT2D eigenvalue weighted by Crippen LogP contribution is -2.47. The molecule has 1 aliphatic carbocycles. The number of rotatable bonds is 12. The van der Waals surface area contributed by atoms with Gasteiger partial charge >= 0.3 is 0 Å². The van der Waals surface area contributed by atoms with Gasteiger partial charge in [0.05, 0.1) is 19.3 Å². The Bertz CT molecular complexity index is 1750. The number of methoxy groups -OCH3 is 1. The molecule has 0 aromatic heterocycles. The minimum atomic E-state index is -0.935. The Morgan fingerprint density at radius 1 is 0.894 bits per heavy atom. The maximum atomic E-state index is 14.8. The van der Waals surface area contributed by atoms with Gasteiger partial charge in [-0.3, -0.25) is 14.4 Å². The van der Waals surface area contributed by atoms with Gasteiger partial charge in [-0.05, 0) is 70.8 Å². The zero-order valence-electron chi connectivity index (χ0n) is 27.2. The molecule has 7 nitrogen and oxygen atoms in total. The number of benzene rings is 4. The number of nitrogens with zero attached hydrogens (tertiary/aromatic N) is 1. The number of fused-ring (bicyclic) bond motifs is 3. The molecule has 7 heteroatoms. The van der Waals surface area contributed by atoms with Gasteiger partial charge in [-0.25, -0.2) is 0 Å². The zero-order chi connectivity index (χ0) is 32.9. The number of hydrogen-bond acceptors (Lipinski definition) is 4. The quantitative estimate of drug-likeness (QED) is 0.170. The minimum absolute atomic E-state index is 0.223. The van der Waals surface area contributed by atoms with E-state index in [1.54, 1.807) is 12.0 Å². The number of hydrogen-bond donors (Lipinski definition) is 2. The standard InChI is InChI=1S/C40H43N3O4/c1-3-10-34(38(41)44)35(24-26-11-8-12-26)39(45)42-37-33-17-5-4-15-31(33)32-16-6-7-18-36(32)43(40(37)46)25-27-13-9-14-29(23-27)28-19-21-30(47-2)22-20-28/h4-7,9,13-23,26,34-35,37H,3,8,10-12,24-25H2,1-2H3,(H2,41,44)(H,42,45). The molecule has 0 bridgehead atoms. The van der Waals surface area contributed by atoms with Crippen molar-refractivity contribution in [1.29, 1.82) is 0 Å². The fourth-order valence-electron chi connectivity index (χ4n) is 7.10. The van der Waals surface area contributed by atoms with Crippen LogP contribution in [-0.2, 0) is 20.9 Å². The Morgan fingerprint density at radius 3 is 2.30 bits per heavy atom. The Morgan fingerprint density at radius 2 is 1.62 bits per heavy atom. The summed E-state index contributed by atoms with van der Waals surface area (Å²) >= 11 is 0. The van der Waals surface area contributed by atoms with Crippen LogP contribution in [-0.4, -0.2) is 24.8 Å². The molecule has 1 saturated carbocycles. The smallest absolute Gasteiger partial charge is 0.254 e. The van der Waals surface area contributed by atoms with E-state index in [0.29, 0.717) is 25.3 Å². The molecule has 2 aliphatic rings. The van der Waals surface area contributed by atoms with Gasteiger partial charge in [-0.15, -0.1) is 0 Å². The van der Waals surface area contributed by atoms with Crippen molar-refractivity contribution in [2.75, 3.05) is 12.0 Å². The van der Waals surface area contributed by atoms with Gasteiger partial charge in [0.1, 0.15) is 11.8 Å². The van der Waals surface area contributed by atoms with Crippen LogP contribution < -0.4 is 20.7 Å². The Labute approximate surface area is 277 Å². The number of carbonyl (C=O) groups excluding carboxylic acids is 3. The highest BCUT2D eigenvalue weighted by Gasteiger charge is 2.40. The van der Waals surface area contributed by atoms with Crippen molar-refractivity contribution >= 4 is 23.4 Å². The largest absolute Gasteiger partial charge is 0.497 e. The first-order valence-corrected chi connectivity index (χ1v) is 16.7. The number of carbonyl (C=O) groups is 3. The van der Waals surface area contributed by atoms with E-state index < -0.39 is 23.8 Å². The molecule has 3 N–H and O–H groups in total. The summed E-state index contributed by atoms with van der Waals surface area (Å²) in [7, 11) is 1.65. The molecule has 3 amide bonds.